The van der Waals surface area contributed by atoms with Crippen LogP contribution < -0.4 is 20.4 Å². The van der Waals surface area contributed by atoms with Gasteiger partial charge in [0.25, 0.3) is 6.43 Å². The van der Waals surface area contributed by atoms with Crippen LogP contribution in [-0.4, -0.2) is 67.5 Å². The monoisotopic (exact) mass is 500 g/mol. The number of nitrogens with one attached hydrogen (secondary N) is 2. The molecule has 0 aromatic heterocycles. The van der Waals surface area contributed by atoms with E-state index in [1.165, 1.54) is 11.0 Å². The summed E-state index contributed by atoms with van der Waals surface area (Å²) < 4.78 is 50.4. The van der Waals surface area contributed by atoms with Gasteiger partial charge in [0.05, 0.1) is 24.5 Å². The van der Waals surface area contributed by atoms with Crippen molar-refractivity contribution in [2.45, 2.75) is 44.9 Å². The number of halogens is 3. The number of amides is 2. The van der Waals surface area contributed by atoms with Crippen molar-refractivity contribution in [3.63, 3.8) is 0 Å². The summed E-state index contributed by atoms with van der Waals surface area (Å²) in [5.41, 5.74) is 0.168. The number of carbonyl (C=O) groups excluding carboxylic acids is 2. The van der Waals surface area contributed by atoms with Crippen LogP contribution in [0.4, 0.5) is 34.1 Å². The fourth-order valence-corrected chi connectivity index (χ4v) is 4.51. The molecule has 0 spiro atoms. The molecule has 3 fully saturated rings. The molecule has 1 saturated carbocycles. The minimum absolute atomic E-state index is 0.0244. The lowest BCUT2D eigenvalue weighted by Gasteiger charge is -2.25. The summed E-state index contributed by atoms with van der Waals surface area (Å²) in [6, 6.07) is 4.52. The second-order valence-electron chi connectivity index (χ2n) is 9.70. The Kier molecular flexibility index (Phi) is 6.54. The highest BCUT2D eigenvalue weighted by Crippen LogP contribution is 2.47. The third-order valence-electron chi connectivity index (χ3n) is 6.04. The van der Waals surface area contributed by atoms with Crippen molar-refractivity contribution in [1.29, 1.82) is 0 Å². The highest BCUT2D eigenvalue weighted by atomic mass is 32.1. The summed E-state index contributed by atoms with van der Waals surface area (Å²) in [6.07, 6.45) is -4.60. The largest absolute Gasteiger partial charge is 0.444 e. The maximum absolute atomic E-state index is 14.9. The molecule has 0 radical (unpaired) electrons. The number of cyclic esters (lactones) is 1. The Morgan fingerprint density at radius 3 is 2.53 bits per heavy atom. The molecule has 186 valence electrons. The minimum Gasteiger partial charge on any atom is -0.444 e. The molecular formula is C22H27F3N4O4S. The van der Waals surface area contributed by atoms with Crippen LogP contribution in [0.3, 0.4) is 0 Å². The van der Waals surface area contributed by atoms with Crippen LogP contribution in [-0.2, 0) is 9.47 Å². The predicted molar refractivity (Wildman–Crippen MR) is 123 cm³/mol. The zero-order valence-corrected chi connectivity index (χ0v) is 19.8. The van der Waals surface area contributed by atoms with Crippen molar-refractivity contribution >= 4 is 40.8 Å². The first-order chi connectivity index (χ1) is 15.9. The van der Waals surface area contributed by atoms with Crippen LogP contribution >= 0.6 is 12.2 Å². The third-order valence-corrected chi connectivity index (χ3v) is 6.36. The molecule has 12 heteroatoms. The molecule has 4 atom stereocenters. The van der Waals surface area contributed by atoms with E-state index in [9.17, 15) is 22.8 Å². The van der Waals surface area contributed by atoms with Gasteiger partial charge in [0.2, 0.25) is 0 Å². The molecule has 1 unspecified atom stereocenters. The van der Waals surface area contributed by atoms with Gasteiger partial charge in [-0.1, -0.05) is 12.2 Å². The number of ether oxygens (including phenoxy) is 2. The van der Waals surface area contributed by atoms with Crippen LogP contribution in [0.5, 0.6) is 0 Å². The number of carbonyl (C=O) groups is 2. The molecule has 1 aliphatic carbocycles. The Morgan fingerprint density at radius 1 is 1.26 bits per heavy atom. The number of rotatable bonds is 6. The number of nitrogens with zero attached hydrogens (tertiary/aromatic N) is 2. The van der Waals surface area contributed by atoms with E-state index in [1.54, 1.807) is 32.9 Å². The molecule has 34 heavy (non-hydrogen) atoms. The summed E-state index contributed by atoms with van der Waals surface area (Å²) in [4.78, 5) is 26.7. The van der Waals surface area contributed by atoms with Crippen molar-refractivity contribution in [2.75, 3.05) is 36.0 Å². The average Bonchev–Trinajstić information content (AvgIpc) is 3.06. The Hall–Kier alpha value is -2.76. The first-order valence-corrected chi connectivity index (χ1v) is 11.4. The zero-order chi connectivity index (χ0) is 24.8. The summed E-state index contributed by atoms with van der Waals surface area (Å²) in [5, 5.41) is 5.25. The predicted octanol–water partition coefficient (Wildman–Crippen LogP) is 3.29. The van der Waals surface area contributed by atoms with Gasteiger partial charge >= 0.3 is 12.2 Å². The van der Waals surface area contributed by atoms with Crippen molar-refractivity contribution in [1.82, 2.24) is 10.6 Å². The highest BCUT2D eigenvalue weighted by Gasteiger charge is 2.57. The molecule has 1 aromatic rings. The lowest BCUT2D eigenvalue weighted by Crippen LogP contribution is -2.38. The van der Waals surface area contributed by atoms with E-state index >= 15 is 0 Å². The normalized spacial score (nSPS) is 25.8. The summed E-state index contributed by atoms with van der Waals surface area (Å²) in [5.74, 6) is -0.0239. The van der Waals surface area contributed by atoms with Gasteiger partial charge in [0.15, 0.2) is 0 Å². The van der Waals surface area contributed by atoms with Crippen LogP contribution in [0.2, 0.25) is 0 Å². The molecule has 3 aliphatic rings. The summed E-state index contributed by atoms with van der Waals surface area (Å²) in [7, 11) is 0. The van der Waals surface area contributed by atoms with E-state index in [2.05, 4.69) is 22.9 Å². The molecule has 2 N–H and O–H groups in total. The molecular weight excluding hydrogens is 473 g/mol. The average molecular weight is 501 g/mol. The van der Waals surface area contributed by atoms with Crippen molar-refractivity contribution in [3.05, 3.63) is 24.0 Å². The van der Waals surface area contributed by atoms with E-state index in [4.69, 9.17) is 9.47 Å². The number of hydrogen-bond acceptors (Lipinski definition) is 6. The van der Waals surface area contributed by atoms with E-state index < -0.39 is 41.1 Å². The second-order valence-corrected chi connectivity index (χ2v) is 10.1. The van der Waals surface area contributed by atoms with E-state index in [-0.39, 0.29) is 31.0 Å². The number of hydrogen-bond donors (Lipinski definition) is 2. The minimum atomic E-state index is -2.79. The number of fused-ring (bicyclic) bond motifs is 1. The van der Waals surface area contributed by atoms with Crippen molar-refractivity contribution < 1.29 is 32.2 Å². The first-order valence-electron chi connectivity index (χ1n) is 11.0. The smallest absolute Gasteiger partial charge is 0.414 e. The Bertz CT molecular complexity index is 977. The molecule has 2 aliphatic heterocycles. The molecule has 2 heterocycles. The molecule has 1 aromatic carbocycles. The number of anilines is 2. The maximum Gasteiger partial charge on any atom is 0.414 e. The standard InChI is InChI=1S/C22H27F3N4O4S/c1-22(2,3)33-20(30)27-17-13-9-28(10-14(13)17)16-5-4-11(6-15(16)23)29-8-12(32-21(29)31)7-26-19(34)18(24)25/h4-6,12-14,17-18H,7-10H2,1-3H3,(H,26,34)(H,27,30)/t12-,13-,14+,17?/m0/s1. The molecule has 2 amide bonds. The second kappa shape index (κ2) is 9.12. The molecule has 8 nitrogen and oxygen atoms in total. The fraction of sp³-hybridized carbons (Fsp3) is 0.591. The quantitative estimate of drug-likeness (QED) is 0.580. The maximum atomic E-state index is 14.9. The number of benzene rings is 1. The van der Waals surface area contributed by atoms with Gasteiger partial charge in [0.1, 0.15) is 22.5 Å². The zero-order valence-electron chi connectivity index (χ0n) is 19.0. The van der Waals surface area contributed by atoms with Crippen LogP contribution in [0.25, 0.3) is 0 Å². The summed E-state index contributed by atoms with van der Waals surface area (Å²) >= 11 is 4.51. The van der Waals surface area contributed by atoms with E-state index in [1.807, 2.05) is 4.90 Å². The third kappa shape index (κ3) is 5.31. The van der Waals surface area contributed by atoms with Gasteiger partial charge in [-0.3, -0.25) is 4.90 Å². The number of thiocarbonyl (C=S) groups is 1. The van der Waals surface area contributed by atoms with Gasteiger partial charge < -0.3 is 25.0 Å². The first kappa shape index (κ1) is 24.4. The Labute approximate surface area is 200 Å². The SMILES string of the molecule is CC(C)(C)OC(=O)NC1[C@H]2CN(c3ccc(N4C[C@H](CNC(=S)C(F)F)OC4=O)cc3F)C[C@@H]12. The Balaban J connectivity index is 1.30. The van der Waals surface area contributed by atoms with Crippen molar-refractivity contribution in [3.8, 4) is 0 Å². The summed E-state index contributed by atoms with van der Waals surface area (Å²) in [6.45, 7) is 6.64. The van der Waals surface area contributed by atoms with Gasteiger partial charge in [0, 0.05) is 31.0 Å². The Morgan fingerprint density at radius 2 is 1.94 bits per heavy atom. The highest BCUT2D eigenvalue weighted by molar-refractivity contribution is 7.80. The van der Waals surface area contributed by atoms with Crippen LogP contribution in [0.15, 0.2) is 18.2 Å². The van der Waals surface area contributed by atoms with E-state index in [0.717, 1.165) is 0 Å². The van der Waals surface area contributed by atoms with Gasteiger partial charge in [-0.2, -0.15) is 0 Å². The van der Waals surface area contributed by atoms with Crippen molar-refractivity contribution in [2.24, 2.45) is 11.8 Å². The van der Waals surface area contributed by atoms with Crippen LogP contribution in [0.1, 0.15) is 20.8 Å². The number of alkyl carbamates (subject to hydrolysis) is 1. The van der Waals surface area contributed by atoms with Crippen LogP contribution in [0, 0.1) is 17.7 Å². The van der Waals surface area contributed by atoms with Gasteiger partial charge in [-0.25, -0.2) is 22.8 Å². The van der Waals surface area contributed by atoms with Gasteiger partial charge in [-0.05, 0) is 39.0 Å². The topological polar surface area (TPSA) is 83.1 Å². The van der Waals surface area contributed by atoms with E-state index in [0.29, 0.717) is 24.5 Å². The fourth-order valence-electron chi connectivity index (χ4n) is 4.43. The molecule has 2 saturated heterocycles. The number of alkyl halides is 2. The lowest BCUT2D eigenvalue weighted by atomic mass is 10.2. The lowest BCUT2D eigenvalue weighted by molar-refractivity contribution is 0.0518. The molecule has 4 rings (SSSR count). The van der Waals surface area contributed by atoms with Gasteiger partial charge in [-0.15, -0.1) is 0 Å². The number of piperidine rings is 1. The molecule has 0 bridgehead atoms.